The van der Waals surface area contributed by atoms with Gasteiger partial charge >= 0.3 is 0 Å². The van der Waals surface area contributed by atoms with E-state index in [4.69, 9.17) is 14.0 Å². The van der Waals surface area contributed by atoms with E-state index in [1.165, 1.54) is 12.1 Å². The summed E-state index contributed by atoms with van der Waals surface area (Å²) in [7, 11) is 1.70. The number of aromatic nitrogens is 1. The van der Waals surface area contributed by atoms with Gasteiger partial charge in [0.1, 0.15) is 11.6 Å². The van der Waals surface area contributed by atoms with E-state index in [0.29, 0.717) is 38.0 Å². The second-order valence-electron chi connectivity index (χ2n) is 7.00. The van der Waals surface area contributed by atoms with E-state index in [2.05, 4.69) is 34.6 Å². The first kappa shape index (κ1) is 24.4. The van der Waals surface area contributed by atoms with Crippen molar-refractivity contribution in [1.82, 2.24) is 15.8 Å². The summed E-state index contributed by atoms with van der Waals surface area (Å²) in [5.74, 6) is 2.27. The van der Waals surface area contributed by atoms with Gasteiger partial charge in [-0.05, 0) is 37.0 Å². The lowest BCUT2D eigenvalue weighted by atomic mass is 9.99. The summed E-state index contributed by atoms with van der Waals surface area (Å²) in [4.78, 5) is 4.22. The molecule has 0 aliphatic carbocycles. The van der Waals surface area contributed by atoms with Gasteiger partial charge in [-0.3, -0.25) is 4.99 Å². The Labute approximate surface area is 193 Å². The zero-order valence-electron chi connectivity index (χ0n) is 17.7. The van der Waals surface area contributed by atoms with Crippen LogP contribution in [-0.2, 0) is 24.3 Å². The molecule has 9 heteroatoms. The monoisotopic (exact) mass is 532 g/mol. The van der Waals surface area contributed by atoms with E-state index in [1.54, 1.807) is 7.05 Å². The second kappa shape index (κ2) is 12.1. The van der Waals surface area contributed by atoms with Crippen LogP contribution in [0.25, 0.3) is 0 Å². The SMILES string of the molecule is CCC(CC)c1cc(CNC(=NC)NCCc2cc(F)cc3c2OCOC3)on1.I. The summed E-state index contributed by atoms with van der Waals surface area (Å²) in [6, 6.07) is 4.96. The van der Waals surface area contributed by atoms with Gasteiger partial charge in [0.25, 0.3) is 0 Å². The molecule has 2 heterocycles. The Hall–Kier alpha value is -1.88. The van der Waals surface area contributed by atoms with Gasteiger partial charge in [-0.25, -0.2) is 4.39 Å². The van der Waals surface area contributed by atoms with Crippen LogP contribution in [0, 0.1) is 5.82 Å². The molecule has 0 radical (unpaired) electrons. The van der Waals surface area contributed by atoms with E-state index in [9.17, 15) is 4.39 Å². The van der Waals surface area contributed by atoms with Gasteiger partial charge in [-0.2, -0.15) is 0 Å². The van der Waals surface area contributed by atoms with Crippen molar-refractivity contribution in [3.8, 4) is 5.75 Å². The van der Waals surface area contributed by atoms with Crippen LogP contribution in [0.4, 0.5) is 4.39 Å². The molecule has 0 saturated heterocycles. The predicted molar refractivity (Wildman–Crippen MR) is 124 cm³/mol. The fraction of sp³-hybridized carbons (Fsp3) is 0.524. The average molecular weight is 532 g/mol. The zero-order valence-corrected chi connectivity index (χ0v) is 20.0. The largest absolute Gasteiger partial charge is 0.467 e. The number of rotatable bonds is 8. The highest BCUT2D eigenvalue weighted by Gasteiger charge is 2.17. The van der Waals surface area contributed by atoms with Crippen LogP contribution in [-0.4, -0.2) is 31.5 Å². The Morgan fingerprint density at radius 1 is 1.23 bits per heavy atom. The predicted octanol–water partition coefficient (Wildman–Crippen LogP) is 4.11. The van der Waals surface area contributed by atoms with E-state index >= 15 is 0 Å². The maximum atomic E-state index is 13.8. The van der Waals surface area contributed by atoms with Gasteiger partial charge in [-0.15, -0.1) is 24.0 Å². The van der Waals surface area contributed by atoms with Crippen LogP contribution in [0.1, 0.15) is 55.2 Å². The van der Waals surface area contributed by atoms with Crippen molar-refractivity contribution in [2.75, 3.05) is 20.4 Å². The molecular formula is C21H30FIN4O3. The number of nitrogens with zero attached hydrogens (tertiary/aromatic N) is 2. The molecule has 0 bridgehead atoms. The molecule has 1 aromatic carbocycles. The first-order valence-electron chi connectivity index (χ1n) is 10.1. The lowest BCUT2D eigenvalue weighted by molar-refractivity contribution is -0.0172. The number of benzene rings is 1. The quantitative estimate of drug-likeness (QED) is 0.303. The number of hydrogen-bond donors (Lipinski definition) is 2. The molecule has 0 amide bonds. The summed E-state index contributed by atoms with van der Waals surface area (Å²) in [5, 5.41) is 10.6. The smallest absolute Gasteiger partial charge is 0.191 e. The molecule has 0 saturated carbocycles. The number of hydrogen-bond acceptors (Lipinski definition) is 5. The minimum atomic E-state index is -0.283. The van der Waals surface area contributed by atoms with E-state index in [1.807, 2.05) is 6.07 Å². The zero-order chi connectivity index (χ0) is 20.6. The van der Waals surface area contributed by atoms with Crippen LogP contribution < -0.4 is 15.4 Å². The van der Waals surface area contributed by atoms with Crippen molar-refractivity contribution < 1.29 is 18.4 Å². The Bertz CT molecular complexity index is 840. The molecular weight excluding hydrogens is 502 g/mol. The molecule has 1 aliphatic rings. The fourth-order valence-corrected chi connectivity index (χ4v) is 3.46. The fourth-order valence-electron chi connectivity index (χ4n) is 3.46. The summed E-state index contributed by atoms with van der Waals surface area (Å²) < 4.78 is 30.0. The number of ether oxygens (including phenoxy) is 2. The molecule has 2 aromatic rings. The molecule has 0 unspecified atom stereocenters. The maximum absolute atomic E-state index is 13.8. The highest BCUT2D eigenvalue weighted by Crippen LogP contribution is 2.29. The molecule has 3 rings (SSSR count). The van der Waals surface area contributed by atoms with Crippen molar-refractivity contribution in [2.24, 2.45) is 4.99 Å². The summed E-state index contributed by atoms with van der Waals surface area (Å²) >= 11 is 0. The van der Waals surface area contributed by atoms with Gasteiger partial charge in [0.15, 0.2) is 18.5 Å². The van der Waals surface area contributed by atoms with Crippen molar-refractivity contribution in [1.29, 1.82) is 0 Å². The van der Waals surface area contributed by atoms with Gasteiger partial charge in [0, 0.05) is 31.1 Å². The van der Waals surface area contributed by atoms with E-state index in [0.717, 1.165) is 41.2 Å². The summed E-state index contributed by atoms with van der Waals surface area (Å²) in [6.07, 6.45) is 2.68. The molecule has 1 aromatic heterocycles. The maximum Gasteiger partial charge on any atom is 0.191 e. The molecule has 0 spiro atoms. The molecule has 7 nitrogen and oxygen atoms in total. The lowest BCUT2D eigenvalue weighted by Gasteiger charge is -2.21. The number of fused-ring (bicyclic) bond motifs is 1. The number of guanidine groups is 1. The first-order chi connectivity index (χ1) is 14.1. The van der Waals surface area contributed by atoms with Crippen LogP contribution in [0.3, 0.4) is 0 Å². The van der Waals surface area contributed by atoms with Gasteiger partial charge < -0.3 is 24.6 Å². The highest BCUT2D eigenvalue weighted by molar-refractivity contribution is 14.0. The third kappa shape index (κ3) is 6.31. The minimum Gasteiger partial charge on any atom is -0.467 e. The summed E-state index contributed by atoms with van der Waals surface area (Å²) in [5.41, 5.74) is 2.55. The third-order valence-corrected chi connectivity index (χ3v) is 5.07. The first-order valence-corrected chi connectivity index (χ1v) is 10.1. The molecule has 0 atom stereocenters. The Morgan fingerprint density at radius 3 is 2.77 bits per heavy atom. The third-order valence-electron chi connectivity index (χ3n) is 5.07. The Kier molecular flexibility index (Phi) is 9.83. The van der Waals surface area contributed by atoms with Crippen LogP contribution in [0.2, 0.25) is 0 Å². The standard InChI is InChI=1S/C21H29FN4O3.HI/c1-4-14(5-2)19-10-18(29-26-19)11-25-21(23-3)24-7-6-15-8-17(22)9-16-12-27-13-28-20(15)16;/h8-10,14H,4-7,11-13H2,1-3H3,(H2,23,24,25);1H. The molecule has 30 heavy (non-hydrogen) atoms. The number of aliphatic imine (C=N–C) groups is 1. The lowest BCUT2D eigenvalue weighted by Crippen LogP contribution is -2.37. The Balaban J connectivity index is 0.00000320. The molecule has 1 aliphatic heterocycles. The average Bonchev–Trinajstić information content (AvgIpc) is 3.20. The Morgan fingerprint density at radius 2 is 2.03 bits per heavy atom. The van der Waals surface area contributed by atoms with Crippen LogP contribution in [0.15, 0.2) is 27.7 Å². The van der Waals surface area contributed by atoms with E-state index in [-0.39, 0.29) is 36.6 Å². The highest BCUT2D eigenvalue weighted by atomic mass is 127. The van der Waals surface area contributed by atoms with Crippen LogP contribution in [0.5, 0.6) is 5.75 Å². The van der Waals surface area contributed by atoms with Crippen molar-refractivity contribution in [2.45, 2.75) is 52.2 Å². The van der Waals surface area contributed by atoms with Gasteiger partial charge in [0.2, 0.25) is 0 Å². The van der Waals surface area contributed by atoms with Gasteiger partial charge in [-0.1, -0.05) is 19.0 Å². The molecule has 2 N–H and O–H groups in total. The van der Waals surface area contributed by atoms with Crippen molar-refractivity contribution in [3.63, 3.8) is 0 Å². The number of halogens is 2. The van der Waals surface area contributed by atoms with Gasteiger partial charge in [0.05, 0.1) is 18.8 Å². The van der Waals surface area contributed by atoms with Crippen molar-refractivity contribution in [3.05, 3.63) is 46.6 Å². The summed E-state index contributed by atoms with van der Waals surface area (Å²) in [6.45, 7) is 5.93. The minimum absolute atomic E-state index is 0. The number of nitrogens with one attached hydrogen (secondary N) is 2. The second-order valence-corrected chi connectivity index (χ2v) is 7.00. The van der Waals surface area contributed by atoms with Crippen LogP contribution >= 0.6 is 24.0 Å². The normalized spacial score (nSPS) is 13.4. The molecule has 166 valence electrons. The van der Waals surface area contributed by atoms with Crippen molar-refractivity contribution >= 4 is 29.9 Å². The molecule has 0 fully saturated rings. The van der Waals surface area contributed by atoms with E-state index < -0.39 is 0 Å². The topological polar surface area (TPSA) is 80.9 Å².